The lowest BCUT2D eigenvalue weighted by Gasteiger charge is -2.32. The summed E-state index contributed by atoms with van der Waals surface area (Å²) in [6.45, 7) is 10.0. The summed E-state index contributed by atoms with van der Waals surface area (Å²) in [4.78, 5) is 13.7. The maximum atomic E-state index is 11.2. The van der Waals surface area contributed by atoms with Crippen molar-refractivity contribution in [3.05, 3.63) is 28.7 Å². The van der Waals surface area contributed by atoms with Crippen molar-refractivity contribution in [2.24, 2.45) is 28.9 Å². The monoisotopic (exact) mass is 410 g/mol. The zero-order valence-corrected chi connectivity index (χ0v) is 16.7. The van der Waals surface area contributed by atoms with Gasteiger partial charge in [-0.15, -0.1) is 0 Å². The third-order valence-electron chi connectivity index (χ3n) is 5.27. The number of amides is 1. The molecule has 3 atom stereocenters. The summed E-state index contributed by atoms with van der Waals surface area (Å²) >= 11 is 3.42. The van der Waals surface area contributed by atoms with Gasteiger partial charge in [-0.1, -0.05) is 36.7 Å². The number of rotatable bonds is 6. The van der Waals surface area contributed by atoms with Gasteiger partial charge in [-0.25, -0.2) is 4.79 Å². The molecular formula is C19H27BrN2O3. The number of carbonyl (C=O) groups is 1. The topological polar surface area (TPSA) is 64.8 Å². The first-order valence-corrected chi connectivity index (χ1v) is 9.62. The van der Waals surface area contributed by atoms with Crippen molar-refractivity contribution in [1.82, 2.24) is 4.90 Å². The molecular weight excluding hydrogens is 384 g/mol. The summed E-state index contributed by atoms with van der Waals surface area (Å²) in [5.74, 6) is 2.55. The number of hydrogen-bond donors (Lipinski definition) is 1. The number of nitrogens with zero attached hydrogens (tertiary/aromatic N) is 1. The summed E-state index contributed by atoms with van der Waals surface area (Å²) in [6, 6.07) is 7.90. The molecule has 2 aliphatic rings. The maximum absolute atomic E-state index is 11.2. The lowest BCUT2D eigenvalue weighted by atomic mass is 9.84. The van der Waals surface area contributed by atoms with Gasteiger partial charge in [0.25, 0.3) is 0 Å². The normalized spacial score (nSPS) is 26.8. The van der Waals surface area contributed by atoms with E-state index in [0.717, 1.165) is 29.9 Å². The number of likely N-dealkylation sites (tertiary alicyclic amines) is 1. The van der Waals surface area contributed by atoms with Crippen LogP contribution in [0.4, 0.5) is 4.79 Å². The van der Waals surface area contributed by atoms with Gasteiger partial charge in [-0.3, -0.25) is 4.90 Å². The number of piperidine rings is 1. The molecule has 1 aromatic carbocycles. The first kappa shape index (κ1) is 18.5. The van der Waals surface area contributed by atoms with Gasteiger partial charge in [-0.2, -0.15) is 0 Å². The first-order chi connectivity index (χ1) is 11.8. The molecule has 0 bridgehead atoms. The molecule has 1 aromatic rings. The van der Waals surface area contributed by atoms with Gasteiger partial charge in [0.1, 0.15) is 18.5 Å². The number of nitrogens with two attached hydrogens (primary N) is 1. The zero-order chi connectivity index (χ0) is 18.2. The Morgan fingerprint density at radius 1 is 1.28 bits per heavy atom. The second-order valence-electron chi connectivity index (χ2n) is 8.19. The van der Waals surface area contributed by atoms with Gasteiger partial charge in [0.05, 0.1) is 0 Å². The van der Waals surface area contributed by atoms with Crippen molar-refractivity contribution >= 4 is 22.0 Å². The molecule has 1 saturated heterocycles. The van der Waals surface area contributed by atoms with Crippen LogP contribution < -0.4 is 10.5 Å². The molecule has 0 radical (unpaired) electrons. The van der Waals surface area contributed by atoms with E-state index >= 15 is 0 Å². The highest BCUT2D eigenvalue weighted by molar-refractivity contribution is 9.10. The Kier molecular flexibility index (Phi) is 5.30. The van der Waals surface area contributed by atoms with Crippen molar-refractivity contribution in [2.75, 3.05) is 26.2 Å². The molecule has 1 heterocycles. The molecule has 138 valence electrons. The van der Waals surface area contributed by atoms with Gasteiger partial charge in [-0.05, 0) is 41.5 Å². The smallest absolute Gasteiger partial charge is 0.404 e. The fraction of sp³-hybridized carbons (Fsp3) is 0.632. The van der Waals surface area contributed by atoms with E-state index in [4.69, 9.17) is 15.2 Å². The number of halogens is 1. The van der Waals surface area contributed by atoms with E-state index in [0.29, 0.717) is 24.4 Å². The third-order valence-corrected chi connectivity index (χ3v) is 5.80. The first-order valence-electron chi connectivity index (χ1n) is 8.82. The third kappa shape index (κ3) is 4.47. The zero-order valence-electron chi connectivity index (χ0n) is 15.1. The van der Waals surface area contributed by atoms with Crippen molar-refractivity contribution in [1.29, 1.82) is 0 Å². The Morgan fingerprint density at radius 3 is 2.40 bits per heavy atom. The van der Waals surface area contributed by atoms with Crippen LogP contribution in [0, 0.1) is 23.2 Å². The number of ether oxygens (including phenoxy) is 2. The van der Waals surface area contributed by atoms with Crippen LogP contribution in [-0.4, -0.2) is 43.3 Å². The molecule has 2 fully saturated rings. The maximum Gasteiger partial charge on any atom is 0.404 e. The van der Waals surface area contributed by atoms with Crippen LogP contribution in [0.2, 0.25) is 0 Å². The second kappa shape index (κ2) is 7.16. The van der Waals surface area contributed by atoms with Crippen LogP contribution in [0.1, 0.15) is 20.8 Å². The highest BCUT2D eigenvalue weighted by Gasteiger charge is 2.61. The highest BCUT2D eigenvalue weighted by atomic mass is 79.9. The number of primary amides is 1. The van der Waals surface area contributed by atoms with Gasteiger partial charge in [0.15, 0.2) is 0 Å². The highest BCUT2D eigenvalue weighted by Crippen LogP contribution is 2.57. The van der Waals surface area contributed by atoms with E-state index in [1.165, 1.54) is 0 Å². The van der Waals surface area contributed by atoms with Gasteiger partial charge in [0, 0.05) is 30.0 Å². The number of benzene rings is 1. The van der Waals surface area contributed by atoms with Crippen LogP contribution >= 0.6 is 15.9 Å². The fourth-order valence-corrected chi connectivity index (χ4v) is 4.34. The SMILES string of the molecule is CC(C)(C)C(OC(N)=O)C1C2CN(CCOc3ccc(Br)cc3)CC21. The Morgan fingerprint density at radius 2 is 1.88 bits per heavy atom. The second-order valence-corrected chi connectivity index (χ2v) is 9.11. The molecule has 6 heteroatoms. The Labute approximate surface area is 158 Å². The molecule has 2 N–H and O–H groups in total. The van der Waals surface area contributed by atoms with Gasteiger partial charge in [0.2, 0.25) is 0 Å². The molecule has 5 nitrogen and oxygen atoms in total. The predicted molar refractivity (Wildman–Crippen MR) is 100 cm³/mol. The van der Waals surface area contributed by atoms with Crippen molar-refractivity contribution in [3.8, 4) is 5.75 Å². The summed E-state index contributed by atoms with van der Waals surface area (Å²) in [5, 5.41) is 0. The van der Waals surface area contributed by atoms with Crippen molar-refractivity contribution in [3.63, 3.8) is 0 Å². The van der Waals surface area contributed by atoms with Gasteiger partial charge >= 0.3 is 6.09 Å². The summed E-state index contributed by atoms with van der Waals surface area (Å²) in [6.07, 6.45) is -0.759. The Hall–Kier alpha value is -1.27. The molecule has 1 aliphatic carbocycles. The fourth-order valence-electron chi connectivity index (χ4n) is 4.07. The molecule has 1 saturated carbocycles. The van der Waals surface area contributed by atoms with Crippen molar-refractivity contribution in [2.45, 2.75) is 26.9 Å². The lowest BCUT2D eigenvalue weighted by molar-refractivity contribution is 0.00999. The van der Waals surface area contributed by atoms with E-state index in [1.54, 1.807) is 0 Å². The Bertz CT molecular complexity index is 602. The molecule has 0 spiro atoms. The van der Waals surface area contributed by atoms with Crippen LogP contribution in [-0.2, 0) is 4.74 Å². The van der Waals surface area contributed by atoms with Crippen LogP contribution in [0.15, 0.2) is 28.7 Å². The minimum absolute atomic E-state index is 0.0838. The Balaban J connectivity index is 1.44. The van der Waals surface area contributed by atoms with Crippen LogP contribution in [0.25, 0.3) is 0 Å². The van der Waals surface area contributed by atoms with Gasteiger partial charge < -0.3 is 15.2 Å². The lowest BCUT2D eigenvalue weighted by Crippen LogP contribution is -2.39. The van der Waals surface area contributed by atoms with Crippen molar-refractivity contribution < 1.29 is 14.3 Å². The summed E-state index contributed by atoms with van der Waals surface area (Å²) < 4.78 is 12.3. The van der Waals surface area contributed by atoms with E-state index in [1.807, 2.05) is 24.3 Å². The molecule has 3 rings (SSSR count). The molecule has 1 amide bonds. The number of fused-ring (bicyclic) bond motifs is 1. The standard InChI is InChI=1S/C19H27BrN2O3/c1-19(2,3)17(25-18(21)23)16-14-10-22(11-15(14)16)8-9-24-13-6-4-12(20)5-7-13/h4-7,14-17H,8-11H2,1-3H3,(H2,21,23). The van der Waals surface area contributed by atoms with Crippen LogP contribution in [0.3, 0.4) is 0 Å². The minimum Gasteiger partial charge on any atom is -0.492 e. The van der Waals surface area contributed by atoms with E-state index < -0.39 is 6.09 Å². The summed E-state index contributed by atoms with van der Waals surface area (Å²) in [7, 11) is 0. The average Bonchev–Trinajstić information content (AvgIpc) is 2.98. The average molecular weight is 411 g/mol. The summed E-state index contributed by atoms with van der Waals surface area (Å²) in [5.41, 5.74) is 5.19. The van der Waals surface area contributed by atoms with Crippen LogP contribution in [0.5, 0.6) is 5.75 Å². The molecule has 1 aliphatic heterocycles. The predicted octanol–water partition coefficient (Wildman–Crippen LogP) is 3.52. The molecule has 25 heavy (non-hydrogen) atoms. The molecule has 3 unspecified atom stereocenters. The molecule has 0 aromatic heterocycles. The quantitative estimate of drug-likeness (QED) is 0.778. The van der Waals surface area contributed by atoms with E-state index in [9.17, 15) is 4.79 Å². The number of carbonyl (C=O) groups excluding carboxylic acids is 1. The largest absolute Gasteiger partial charge is 0.492 e. The van der Waals surface area contributed by atoms with E-state index in [2.05, 4.69) is 41.6 Å². The van der Waals surface area contributed by atoms with E-state index in [-0.39, 0.29) is 11.5 Å². The minimum atomic E-state index is -0.662. The number of hydrogen-bond acceptors (Lipinski definition) is 4.